The molecule has 6 aromatic rings. The van der Waals surface area contributed by atoms with Gasteiger partial charge in [-0.3, -0.25) is 14.2 Å². The first-order valence-electron chi connectivity index (χ1n) is 12.4. The molecule has 0 saturated carbocycles. The smallest absolute Gasteiger partial charge is 0.263 e. The number of amides is 1. The van der Waals surface area contributed by atoms with Gasteiger partial charge in [-0.15, -0.1) is 0 Å². The molecule has 0 aliphatic carbocycles. The maximum absolute atomic E-state index is 14.0. The van der Waals surface area contributed by atoms with Crippen molar-refractivity contribution in [2.45, 2.75) is 20.4 Å². The standard InChI is InChI=1S/C30H25N7O2/c1-17-7-3-4-12-23(17)37-22(14-19-9-5-8-18(2)24(19)30(37)39)15-36-29-25(27(31)33-16-34-29)26(35-36)20-10-6-11-21(13-20)28(32)38/h3-14,16H,15H2,1-2H3,(H2,32,38)(H2,31,33,34). The number of carbonyl (C=O) groups excluding carboxylic acids is 1. The first kappa shape index (κ1) is 24.1. The summed E-state index contributed by atoms with van der Waals surface area (Å²) >= 11 is 0. The highest BCUT2D eigenvalue weighted by Crippen LogP contribution is 2.31. The molecule has 0 fully saturated rings. The highest BCUT2D eigenvalue weighted by Gasteiger charge is 2.20. The van der Waals surface area contributed by atoms with Crippen molar-refractivity contribution in [1.29, 1.82) is 0 Å². The number of benzene rings is 3. The van der Waals surface area contributed by atoms with Crippen molar-refractivity contribution in [2.24, 2.45) is 5.73 Å². The molecule has 0 aliphatic heterocycles. The van der Waals surface area contributed by atoms with Crippen LogP contribution in [0.15, 0.2) is 83.9 Å². The number of nitrogens with zero attached hydrogens (tertiary/aromatic N) is 5. The molecular weight excluding hydrogens is 490 g/mol. The second kappa shape index (κ2) is 9.21. The summed E-state index contributed by atoms with van der Waals surface area (Å²) in [6, 6.07) is 22.5. The predicted octanol–water partition coefficient (Wildman–Crippen LogP) is 4.14. The third kappa shape index (κ3) is 4.00. The number of fused-ring (bicyclic) bond motifs is 2. The molecule has 39 heavy (non-hydrogen) atoms. The van der Waals surface area contributed by atoms with Crippen molar-refractivity contribution in [3.05, 3.63) is 112 Å². The van der Waals surface area contributed by atoms with Gasteiger partial charge in [-0.2, -0.15) is 5.10 Å². The fraction of sp³-hybridized carbons (Fsp3) is 0.100. The zero-order valence-electron chi connectivity index (χ0n) is 21.4. The number of aryl methyl sites for hydroxylation is 2. The molecule has 192 valence electrons. The highest BCUT2D eigenvalue weighted by molar-refractivity contribution is 6.00. The Morgan fingerprint density at radius 2 is 1.67 bits per heavy atom. The second-order valence-corrected chi connectivity index (χ2v) is 9.51. The van der Waals surface area contributed by atoms with E-state index in [-0.39, 0.29) is 17.9 Å². The van der Waals surface area contributed by atoms with E-state index in [2.05, 4.69) is 9.97 Å². The van der Waals surface area contributed by atoms with E-state index < -0.39 is 5.91 Å². The van der Waals surface area contributed by atoms with Crippen LogP contribution >= 0.6 is 0 Å². The number of rotatable bonds is 5. The number of anilines is 1. The lowest BCUT2D eigenvalue weighted by molar-refractivity contribution is 0.100. The molecule has 0 saturated heterocycles. The zero-order chi connectivity index (χ0) is 27.3. The van der Waals surface area contributed by atoms with Crippen molar-refractivity contribution in [2.75, 3.05) is 5.73 Å². The van der Waals surface area contributed by atoms with Crippen LogP contribution in [0.3, 0.4) is 0 Å². The van der Waals surface area contributed by atoms with Crippen LogP contribution < -0.4 is 17.0 Å². The lowest BCUT2D eigenvalue weighted by atomic mass is 10.1. The molecule has 3 aromatic heterocycles. The van der Waals surface area contributed by atoms with Gasteiger partial charge in [-0.25, -0.2) is 14.6 Å². The average molecular weight is 516 g/mol. The molecule has 3 aromatic carbocycles. The summed E-state index contributed by atoms with van der Waals surface area (Å²) in [6.07, 6.45) is 1.39. The number of para-hydroxylation sites is 1. The van der Waals surface area contributed by atoms with Gasteiger partial charge < -0.3 is 11.5 Å². The molecule has 0 spiro atoms. The summed E-state index contributed by atoms with van der Waals surface area (Å²) in [6.45, 7) is 4.16. The van der Waals surface area contributed by atoms with E-state index in [1.165, 1.54) is 6.33 Å². The van der Waals surface area contributed by atoms with Crippen molar-refractivity contribution >= 4 is 33.5 Å². The van der Waals surface area contributed by atoms with Gasteiger partial charge in [0.15, 0.2) is 5.65 Å². The topological polar surface area (TPSA) is 135 Å². The summed E-state index contributed by atoms with van der Waals surface area (Å²) < 4.78 is 3.46. The Morgan fingerprint density at radius 3 is 2.46 bits per heavy atom. The molecular formula is C30H25N7O2. The Hall–Kier alpha value is -5.31. The summed E-state index contributed by atoms with van der Waals surface area (Å²) in [4.78, 5) is 34.5. The van der Waals surface area contributed by atoms with Crippen LogP contribution in [0.2, 0.25) is 0 Å². The Kier molecular flexibility index (Phi) is 5.68. The molecule has 0 aliphatic rings. The Morgan fingerprint density at radius 1 is 0.897 bits per heavy atom. The quantitative estimate of drug-likeness (QED) is 0.354. The van der Waals surface area contributed by atoms with Crippen LogP contribution in [0.25, 0.3) is 38.8 Å². The maximum atomic E-state index is 14.0. The van der Waals surface area contributed by atoms with E-state index >= 15 is 0 Å². The van der Waals surface area contributed by atoms with Crippen molar-refractivity contribution in [3.63, 3.8) is 0 Å². The zero-order valence-corrected chi connectivity index (χ0v) is 21.4. The molecule has 0 bridgehead atoms. The molecule has 0 unspecified atom stereocenters. The van der Waals surface area contributed by atoms with Crippen LogP contribution in [-0.2, 0) is 6.54 Å². The minimum absolute atomic E-state index is 0.102. The highest BCUT2D eigenvalue weighted by atomic mass is 16.1. The molecule has 0 radical (unpaired) electrons. The number of hydrogen-bond acceptors (Lipinski definition) is 6. The average Bonchev–Trinajstić information content (AvgIpc) is 3.29. The van der Waals surface area contributed by atoms with E-state index in [4.69, 9.17) is 16.6 Å². The van der Waals surface area contributed by atoms with Gasteiger partial charge in [0.25, 0.3) is 5.56 Å². The Labute approximate surface area is 223 Å². The van der Waals surface area contributed by atoms with Crippen LogP contribution in [0.5, 0.6) is 0 Å². The predicted molar refractivity (Wildman–Crippen MR) is 152 cm³/mol. The minimum Gasteiger partial charge on any atom is -0.383 e. The molecule has 3 heterocycles. The van der Waals surface area contributed by atoms with Gasteiger partial charge >= 0.3 is 0 Å². The van der Waals surface area contributed by atoms with Gasteiger partial charge in [0.2, 0.25) is 5.91 Å². The monoisotopic (exact) mass is 515 g/mol. The lowest BCUT2D eigenvalue weighted by Gasteiger charge is -2.17. The van der Waals surface area contributed by atoms with Gasteiger partial charge in [0.05, 0.1) is 23.0 Å². The van der Waals surface area contributed by atoms with E-state index in [0.29, 0.717) is 33.2 Å². The number of aromatic nitrogens is 5. The molecule has 4 N–H and O–H groups in total. The summed E-state index contributed by atoms with van der Waals surface area (Å²) in [5.41, 5.74) is 17.2. The molecule has 9 heteroatoms. The number of hydrogen-bond donors (Lipinski definition) is 2. The molecule has 1 amide bonds. The number of nitrogen functional groups attached to an aromatic ring is 1. The maximum Gasteiger partial charge on any atom is 0.263 e. The third-order valence-electron chi connectivity index (χ3n) is 6.98. The normalized spacial score (nSPS) is 11.3. The van der Waals surface area contributed by atoms with Gasteiger partial charge in [0.1, 0.15) is 17.8 Å². The van der Waals surface area contributed by atoms with Gasteiger partial charge in [0, 0.05) is 16.8 Å². The van der Waals surface area contributed by atoms with Crippen molar-refractivity contribution < 1.29 is 4.79 Å². The van der Waals surface area contributed by atoms with Crippen molar-refractivity contribution in [1.82, 2.24) is 24.3 Å². The summed E-state index contributed by atoms with van der Waals surface area (Å²) in [5.74, 6) is -0.283. The largest absolute Gasteiger partial charge is 0.383 e. The SMILES string of the molecule is Cc1ccccc1-n1c(Cn2nc(-c3cccc(C(N)=O)c3)c3c(N)ncnc32)cc2cccc(C)c2c1=O. The minimum atomic E-state index is -0.543. The van der Waals surface area contributed by atoms with E-state index in [1.54, 1.807) is 27.4 Å². The van der Waals surface area contributed by atoms with Crippen LogP contribution in [-0.4, -0.2) is 30.2 Å². The van der Waals surface area contributed by atoms with Crippen LogP contribution in [0, 0.1) is 13.8 Å². The van der Waals surface area contributed by atoms with E-state index in [0.717, 1.165) is 27.9 Å². The van der Waals surface area contributed by atoms with E-state index in [1.807, 2.05) is 68.4 Å². The Bertz CT molecular complexity index is 1990. The number of pyridine rings is 1. The van der Waals surface area contributed by atoms with Gasteiger partial charge in [-0.1, -0.05) is 48.5 Å². The fourth-order valence-electron chi connectivity index (χ4n) is 5.10. The Balaban J connectivity index is 1.61. The molecule has 0 atom stereocenters. The van der Waals surface area contributed by atoms with Crippen molar-refractivity contribution in [3.8, 4) is 16.9 Å². The second-order valence-electron chi connectivity index (χ2n) is 9.51. The summed E-state index contributed by atoms with van der Waals surface area (Å²) in [7, 11) is 0. The summed E-state index contributed by atoms with van der Waals surface area (Å²) in [5, 5.41) is 6.94. The third-order valence-corrected chi connectivity index (χ3v) is 6.98. The number of nitrogens with two attached hydrogens (primary N) is 2. The molecule has 6 rings (SSSR count). The fourth-order valence-corrected chi connectivity index (χ4v) is 5.10. The first-order chi connectivity index (χ1) is 18.8. The van der Waals surface area contributed by atoms with Gasteiger partial charge in [-0.05, 0) is 54.6 Å². The number of primary amides is 1. The first-order valence-corrected chi connectivity index (χ1v) is 12.4. The number of carbonyl (C=O) groups is 1. The van der Waals surface area contributed by atoms with Crippen LogP contribution in [0.4, 0.5) is 5.82 Å². The van der Waals surface area contributed by atoms with E-state index in [9.17, 15) is 9.59 Å². The lowest BCUT2D eigenvalue weighted by Crippen LogP contribution is -2.25. The van der Waals surface area contributed by atoms with Crippen LogP contribution in [0.1, 0.15) is 27.2 Å². The molecule has 9 nitrogen and oxygen atoms in total.